The van der Waals surface area contributed by atoms with Gasteiger partial charge in [-0.25, -0.2) is 0 Å². The number of aromatic amines is 1. The van der Waals surface area contributed by atoms with E-state index in [0.29, 0.717) is 18.8 Å². The molecule has 0 aromatic carbocycles. The number of H-pyrrole nitrogens is 1. The fourth-order valence-corrected chi connectivity index (χ4v) is 3.51. The molecule has 2 aliphatic rings. The fraction of sp³-hybridized carbons (Fsp3) is 0.714. The highest BCUT2D eigenvalue weighted by atomic mass is 16.5. The summed E-state index contributed by atoms with van der Waals surface area (Å²) in [5.74, 6) is 0.0157. The maximum Gasteiger partial charge on any atom is 0.271 e. The third-order valence-electron chi connectivity index (χ3n) is 4.44. The fourth-order valence-electron chi connectivity index (χ4n) is 3.51. The Kier molecular flexibility index (Phi) is 3.76. The van der Waals surface area contributed by atoms with Gasteiger partial charge in [0.15, 0.2) is 0 Å². The first-order valence-electron chi connectivity index (χ1n) is 7.14. The van der Waals surface area contributed by atoms with Crippen molar-refractivity contribution < 1.29 is 14.3 Å². The number of piperidine rings is 1. The molecule has 20 heavy (non-hydrogen) atoms. The van der Waals surface area contributed by atoms with Crippen LogP contribution >= 0.6 is 0 Å². The summed E-state index contributed by atoms with van der Waals surface area (Å²) in [4.78, 5) is 14.4. The lowest BCUT2D eigenvalue weighted by Crippen LogP contribution is -2.58. The van der Waals surface area contributed by atoms with E-state index in [9.17, 15) is 4.79 Å². The van der Waals surface area contributed by atoms with Gasteiger partial charge in [-0.1, -0.05) is 0 Å². The summed E-state index contributed by atoms with van der Waals surface area (Å²) in [5.41, 5.74) is 0.494. The number of methoxy groups -OCH3 is 1. The number of hydrogen-bond donors (Lipinski definition) is 1. The van der Waals surface area contributed by atoms with Crippen LogP contribution in [0, 0.1) is 5.41 Å². The highest BCUT2D eigenvalue weighted by Gasteiger charge is 2.47. The third-order valence-corrected chi connectivity index (χ3v) is 4.44. The molecule has 1 aromatic heterocycles. The number of carbonyl (C=O) groups excluding carboxylic acids is 1. The molecule has 0 bridgehead atoms. The van der Waals surface area contributed by atoms with Gasteiger partial charge in [0.2, 0.25) is 0 Å². The van der Waals surface area contributed by atoms with E-state index in [-0.39, 0.29) is 17.4 Å². The van der Waals surface area contributed by atoms with Crippen LogP contribution in [0.1, 0.15) is 29.8 Å². The minimum absolute atomic E-state index is 0.0157. The Hall–Kier alpha value is -1.40. The second kappa shape index (κ2) is 5.54. The molecule has 110 valence electrons. The van der Waals surface area contributed by atoms with Crippen LogP contribution in [0.4, 0.5) is 0 Å². The van der Waals surface area contributed by atoms with E-state index in [4.69, 9.17) is 9.47 Å². The summed E-state index contributed by atoms with van der Waals surface area (Å²) in [6, 6.07) is 1.72. The van der Waals surface area contributed by atoms with E-state index in [0.717, 1.165) is 32.4 Å². The van der Waals surface area contributed by atoms with Gasteiger partial charge in [-0.15, -0.1) is 0 Å². The second-order valence-corrected chi connectivity index (χ2v) is 5.74. The largest absolute Gasteiger partial charge is 0.384 e. The molecule has 6 heteroatoms. The number of hydrogen-bond acceptors (Lipinski definition) is 4. The first-order chi connectivity index (χ1) is 9.75. The van der Waals surface area contributed by atoms with E-state index in [1.54, 1.807) is 19.4 Å². The molecule has 1 aromatic rings. The van der Waals surface area contributed by atoms with Crippen LogP contribution in [0.15, 0.2) is 12.3 Å². The minimum atomic E-state index is -0.0546. The average molecular weight is 279 g/mol. The van der Waals surface area contributed by atoms with Crippen molar-refractivity contribution in [2.75, 3.05) is 33.4 Å². The topological polar surface area (TPSA) is 67.5 Å². The number of nitrogens with zero attached hydrogens (tertiary/aromatic N) is 2. The second-order valence-electron chi connectivity index (χ2n) is 5.74. The molecule has 3 rings (SSSR count). The Balaban J connectivity index is 1.77. The Morgan fingerprint density at radius 3 is 3.35 bits per heavy atom. The predicted molar refractivity (Wildman–Crippen MR) is 72.4 cm³/mol. The number of ether oxygens (including phenoxy) is 2. The number of carbonyl (C=O) groups is 1. The van der Waals surface area contributed by atoms with Crippen LogP contribution < -0.4 is 0 Å². The van der Waals surface area contributed by atoms with Gasteiger partial charge in [0, 0.05) is 38.4 Å². The number of rotatable bonds is 3. The molecule has 2 atom stereocenters. The molecule has 2 unspecified atom stereocenters. The van der Waals surface area contributed by atoms with Gasteiger partial charge >= 0.3 is 0 Å². The number of likely N-dealkylation sites (tertiary alicyclic amines) is 1. The Labute approximate surface area is 118 Å². The zero-order chi connectivity index (χ0) is 14.0. The van der Waals surface area contributed by atoms with Gasteiger partial charge in [-0.2, -0.15) is 5.10 Å². The molecule has 0 saturated carbocycles. The molecule has 0 radical (unpaired) electrons. The van der Waals surface area contributed by atoms with E-state index >= 15 is 0 Å². The van der Waals surface area contributed by atoms with Gasteiger partial charge < -0.3 is 14.4 Å². The van der Waals surface area contributed by atoms with Crippen molar-refractivity contribution in [3.8, 4) is 0 Å². The molecular weight excluding hydrogens is 258 g/mol. The molecule has 1 amide bonds. The zero-order valence-electron chi connectivity index (χ0n) is 11.8. The van der Waals surface area contributed by atoms with Gasteiger partial charge in [0.05, 0.1) is 12.7 Å². The standard InChI is InChI=1S/C14H21N3O3/c1-19-10-14-5-2-8-20-12(14)4-7-17(9-14)13(18)11-3-6-15-16-11/h3,6,12H,2,4-5,7-10H2,1H3,(H,15,16). The van der Waals surface area contributed by atoms with Gasteiger partial charge in [0.25, 0.3) is 5.91 Å². The van der Waals surface area contributed by atoms with Gasteiger partial charge in [0.1, 0.15) is 5.69 Å². The lowest BCUT2D eigenvalue weighted by molar-refractivity contribution is -0.142. The maximum absolute atomic E-state index is 12.5. The van der Waals surface area contributed by atoms with Crippen LogP contribution in [0.25, 0.3) is 0 Å². The van der Waals surface area contributed by atoms with Crippen LogP contribution in [0.3, 0.4) is 0 Å². The van der Waals surface area contributed by atoms with Crippen LogP contribution in [-0.4, -0.2) is 60.5 Å². The molecule has 0 spiro atoms. The SMILES string of the molecule is COCC12CCCOC1CCN(C(=O)c1ccn[nH]1)C2. The molecule has 0 aliphatic carbocycles. The molecule has 1 N–H and O–H groups in total. The monoisotopic (exact) mass is 279 g/mol. The Bertz CT molecular complexity index is 458. The zero-order valence-corrected chi connectivity index (χ0v) is 11.8. The van der Waals surface area contributed by atoms with Crippen LogP contribution in [-0.2, 0) is 9.47 Å². The summed E-state index contributed by atoms with van der Waals surface area (Å²) < 4.78 is 11.3. The van der Waals surface area contributed by atoms with Crippen molar-refractivity contribution in [1.82, 2.24) is 15.1 Å². The quantitative estimate of drug-likeness (QED) is 0.898. The summed E-state index contributed by atoms with van der Waals surface area (Å²) in [7, 11) is 1.72. The molecule has 2 aliphatic heterocycles. The highest BCUT2D eigenvalue weighted by molar-refractivity contribution is 5.92. The van der Waals surface area contributed by atoms with Crippen molar-refractivity contribution >= 4 is 5.91 Å². The molecule has 6 nitrogen and oxygen atoms in total. The summed E-state index contributed by atoms with van der Waals surface area (Å²) >= 11 is 0. The van der Waals surface area contributed by atoms with Crippen molar-refractivity contribution in [3.05, 3.63) is 18.0 Å². The number of fused-ring (bicyclic) bond motifs is 1. The highest BCUT2D eigenvalue weighted by Crippen LogP contribution is 2.40. The van der Waals surface area contributed by atoms with Crippen molar-refractivity contribution in [1.29, 1.82) is 0 Å². The average Bonchev–Trinajstić information content (AvgIpc) is 3.00. The van der Waals surface area contributed by atoms with Crippen molar-refractivity contribution in [3.63, 3.8) is 0 Å². The predicted octanol–water partition coefficient (Wildman–Crippen LogP) is 1.07. The third kappa shape index (κ3) is 2.33. The molecule has 3 heterocycles. The van der Waals surface area contributed by atoms with Crippen molar-refractivity contribution in [2.24, 2.45) is 5.41 Å². The van der Waals surface area contributed by atoms with E-state index in [2.05, 4.69) is 10.2 Å². The molecule has 2 saturated heterocycles. The van der Waals surface area contributed by atoms with E-state index < -0.39 is 0 Å². The first-order valence-corrected chi connectivity index (χ1v) is 7.14. The molecular formula is C14H21N3O3. The van der Waals surface area contributed by atoms with E-state index in [1.165, 1.54) is 0 Å². The Morgan fingerprint density at radius 2 is 2.60 bits per heavy atom. The summed E-state index contributed by atoms with van der Waals surface area (Å²) in [6.45, 7) is 2.90. The van der Waals surface area contributed by atoms with Gasteiger partial charge in [-0.05, 0) is 25.3 Å². The lowest BCUT2D eigenvalue weighted by atomic mass is 9.73. The first kappa shape index (κ1) is 13.6. The molecule has 2 fully saturated rings. The summed E-state index contributed by atoms with van der Waals surface area (Å²) in [5, 5.41) is 6.60. The van der Waals surface area contributed by atoms with Gasteiger partial charge in [-0.3, -0.25) is 9.89 Å². The summed E-state index contributed by atoms with van der Waals surface area (Å²) in [6.07, 6.45) is 4.78. The maximum atomic E-state index is 12.5. The van der Waals surface area contributed by atoms with Crippen LogP contribution in [0.2, 0.25) is 0 Å². The lowest BCUT2D eigenvalue weighted by Gasteiger charge is -2.50. The smallest absolute Gasteiger partial charge is 0.271 e. The normalized spacial score (nSPS) is 30.1. The number of aromatic nitrogens is 2. The number of nitrogens with one attached hydrogen (secondary N) is 1. The van der Waals surface area contributed by atoms with Crippen molar-refractivity contribution in [2.45, 2.75) is 25.4 Å². The number of amides is 1. The Morgan fingerprint density at radius 1 is 1.70 bits per heavy atom. The van der Waals surface area contributed by atoms with Crippen LogP contribution in [0.5, 0.6) is 0 Å². The minimum Gasteiger partial charge on any atom is -0.384 e. The van der Waals surface area contributed by atoms with E-state index in [1.807, 2.05) is 4.90 Å².